The second kappa shape index (κ2) is 34.9. The Kier molecular flexibility index (Phi) is 26.8. The van der Waals surface area contributed by atoms with Gasteiger partial charge in [-0.2, -0.15) is 9.59 Å². The maximum Gasteiger partial charge on any atom is 0.373 e. The van der Waals surface area contributed by atoms with Gasteiger partial charge in [-0.25, -0.2) is 0 Å². The van der Waals surface area contributed by atoms with Gasteiger partial charge in [0.25, 0.3) is 0 Å². The topological polar surface area (TPSA) is 360 Å². The van der Waals surface area contributed by atoms with Gasteiger partial charge in [-0.1, -0.05) is 75.7 Å². The van der Waals surface area contributed by atoms with E-state index in [1.807, 2.05) is 67.2 Å². The summed E-state index contributed by atoms with van der Waals surface area (Å²) in [5, 5.41) is 8.85. The van der Waals surface area contributed by atoms with Crippen LogP contribution >= 0.6 is 0 Å². The van der Waals surface area contributed by atoms with Crippen LogP contribution in [0.3, 0.4) is 0 Å². The lowest BCUT2D eigenvalue weighted by atomic mass is 9.48. The van der Waals surface area contributed by atoms with Gasteiger partial charge in [0.05, 0.1) is 12.8 Å². The van der Waals surface area contributed by atoms with Crippen LogP contribution in [-0.4, -0.2) is 129 Å². The Hall–Kier alpha value is -7.42. The molecule has 14 aliphatic rings. The number of ketones is 12. The third kappa shape index (κ3) is 17.0. The summed E-state index contributed by atoms with van der Waals surface area (Å²) in [5.74, 6) is 2.43. The summed E-state index contributed by atoms with van der Waals surface area (Å²) < 4.78 is 5.22. The number of Topliss-reactive ketones (excluding diaryl/α,β-unsaturated/α-hetero) is 12. The summed E-state index contributed by atoms with van der Waals surface area (Å²) in [5.41, 5.74) is -5.26. The third-order valence-corrected chi connectivity index (χ3v) is 33.0. The molecule has 115 heavy (non-hydrogen) atoms. The van der Waals surface area contributed by atoms with Gasteiger partial charge in [-0.15, -0.1) is 0 Å². The molecule has 0 radical (unpaired) electrons. The van der Waals surface area contributed by atoms with E-state index in [1.165, 1.54) is 6.42 Å². The predicted molar refractivity (Wildman–Crippen MR) is 420 cm³/mol. The molecule has 0 bridgehead atoms. The van der Waals surface area contributed by atoms with Gasteiger partial charge in [0.1, 0.15) is 75.2 Å². The number of carbonyl (C=O) groups is 16. The Morgan fingerprint density at radius 3 is 1.09 bits per heavy atom. The van der Waals surface area contributed by atoms with Crippen LogP contribution < -0.4 is 16.0 Å². The average Bonchev–Trinajstić information content (AvgIpc) is 1.69. The first kappa shape index (κ1) is 88.4. The number of carbonyl (C=O) groups excluding carboxylic acids is 18. The number of nitrogens with zero attached hydrogens (tertiary/aromatic N) is 1. The van der Waals surface area contributed by atoms with E-state index in [9.17, 15) is 76.7 Å². The molecule has 0 aromatic carbocycles. The molecule has 1 saturated heterocycles. The molecule has 22 atom stereocenters. The molecule has 15 rings (SSSR count). The lowest BCUT2D eigenvalue weighted by Gasteiger charge is -2.53. The van der Waals surface area contributed by atoms with Crippen molar-refractivity contribution >= 4 is 99.2 Å². The van der Waals surface area contributed by atoms with Gasteiger partial charge in [0.15, 0.2) is 0 Å². The van der Waals surface area contributed by atoms with Crippen LogP contribution in [0.1, 0.15) is 300 Å². The van der Waals surface area contributed by atoms with E-state index < -0.39 is 43.3 Å². The molecule has 23 heteroatoms. The smallest absolute Gasteiger partial charge is 0.373 e. The largest absolute Gasteiger partial charge is 0.467 e. The van der Waals surface area contributed by atoms with Gasteiger partial charge >= 0.3 is 6.15 Å². The fourth-order valence-corrected chi connectivity index (χ4v) is 25.6. The minimum Gasteiger partial charge on any atom is -0.467 e. The van der Waals surface area contributed by atoms with Crippen molar-refractivity contribution in [2.75, 3.05) is 13.1 Å². The summed E-state index contributed by atoms with van der Waals surface area (Å²) in [6, 6.07) is 3.96. The summed E-state index contributed by atoms with van der Waals surface area (Å²) >= 11 is 0. The van der Waals surface area contributed by atoms with Crippen LogP contribution in [0.15, 0.2) is 22.8 Å². The number of fused-ring (bicyclic) bond motifs is 12. The lowest BCUT2D eigenvalue weighted by molar-refractivity contribution is -0.192. The first-order valence-electron chi connectivity index (χ1n) is 43.8. The van der Waals surface area contributed by atoms with Crippen LogP contribution in [0.5, 0.6) is 0 Å². The van der Waals surface area contributed by atoms with Crippen molar-refractivity contribution in [1.82, 2.24) is 20.9 Å². The summed E-state index contributed by atoms with van der Waals surface area (Å²) in [6.45, 7) is 23.6. The monoisotopic (exact) mass is 1590 g/mol. The molecule has 630 valence electrons. The van der Waals surface area contributed by atoms with E-state index in [0.29, 0.717) is 133 Å². The van der Waals surface area contributed by atoms with Crippen LogP contribution in [-0.2, 0) is 92.8 Å². The number of hydrogen-bond acceptors (Lipinski definition) is 19. The summed E-state index contributed by atoms with van der Waals surface area (Å²) in [4.78, 5) is 222. The number of furan rings is 1. The highest BCUT2D eigenvalue weighted by molar-refractivity contribution is 6.03. The minimum absolute atomic E-state index is 0.00668. The van der Waals surface area contributed by atoms with E-state index >= 15 is 0 Å². The Balaban J connectivity index is 0.000000149. The lowest BCUT2D eigenvalue weighted by Crippen LogP contribution is -2.56. The van der Waals surface area contributed by atoms with Gasteiger partial charge in [-0.3, -0.25) is 76.7 Å². The van der Waals surface area contributed by atoms with Gasteiger partial charge in [0.2, 0.25) is 23.6 Å². The molecule has 3 N–H and O–H groups in total. The third-order valence-electron chi connectivity index (χ3n) is 33.0. The highest BCUT2D eigenvalue weighted by atomic mass is 16.3. The molecule has 0 spiro atoms. The zero-order valence-electron chi connectivity index (χ0n) is 70.3. The highest BCUT2D eigenvalue weighted by Gasteiger charge is 2.68. The molecule has 23 nitrogen and oxygen atoms in total. The number of hydrogen-bond donors (Lipinski definition) is 3. The SMILES string of the molecule is CC[C@H](C)[C@@H](C)NC(=O)CC[C@@]1(C)C(=O)CC[C@@H]2[C@@H]1C(=O)C[C@]1(C)C(=O)CC[C@@H]21.C[C@]1(CCC(=O)N2CCCCC2)C(=O)CC[C@@H]2[C@@H]1C(=O)C[C@]1(C)C(=O)CC[C@@H]21.C[C@]1(CCC(=O)NC2CC2)C(=O)CC[C@@H]2[C@@H]1C(=O)C[C@]1(C)C(=O)CC[C@@H]21.C[C@]1(CCC(=O)NCc2ccco2)C(=O)CC[C@@H]2[C@@H]1C(=O)C[C@]1(C)C(=O)CC[C@@H]21.O=C=O. The number of piperidine rings is 1. The zero-order chi connectivity index (χ0) is 83.9. The van der Waals surface area contributed by atoms with Crippen molar-refractivity contribution in [3.8, 4) is 0 Å². The standard InChI is InChI=1S/C24H37NO4.C23H29NO5.C23H33NO4.C21H29NO4.CO2/c1-6-14(2)15(3)25-21(29)11-12-23(4)19(27)9-7-16-17-8-10-20(28)24(17,5)13-18(26)22(16)23;1-22(10-9-20(28)24-13-14-4-3-11-29-14)18(26)7-5-15-16-6-8-19(27)23(16,2)12-17(25)21(15)22;1-22(11-10-20(28)24-12-4-3-5-13-24)18(26)8-6-15-16-7-9-19(27)23(16,2)14-17(25)21(15)22;1-20(10-9-18(26)22-12-3-4-12)16(24)7-5-13-14-6-8-17(25)21(14,2)11-15(23)19(13)20;2-1-3/h14-17,22H,6-13H2,1-5H3,(H,25,29);3-4,11,15-16,21H,5-10,12-13H2,1-2H3,(H,24,28);15-16,21H,3-14H2,1-2H3;12-14,19H,3-11H2,1-2H3,(H,22,26);/t14-,15+,16-,17-,22+,23-,24-;2*15-,16-,21+,22-,23-;13-,14-,19+,20-,21-;/m0000./s1. The second-order valence-corrected chi connectivity index (χ2v) is 39.6. The predicted octanol–water partition coefficient (Wildman–Crippen LogP) is 12.5. The van der Waals surface area contributed by atoms with Crippen LogP contribution in [0.4, 0.5) is 0 Å². The Labute approximate surface area is 678 Å². The van der Waals surface area contributed by atoms with Crippen molar-refractivity contribution in [2.45, 2.75) is 313 Å². The fraction of sp³-hybridized carbons (Fsp3) is 0.772. The number of amides is 4. The van der Waals surface area contributed by atoms with Crippen molar-refractivity contribution < 1.29 is 90.7 Å². The molecule has 1 aromatic rings. The molecule has 13 aliphatic carbocycles. The first-order valence-corrected chi connectivity index (χ1v) is 43.8. The quantitative estimate of drug-likeness (QED) is 0.123. The maximum absolute atomic E-state index is 13.2. The number of rotatable bonds is 18. The minimum atomic E-state index is -0.824. The number of nitrogens with one attached hydrogen (secondary N) is 3. The normalized spacial score (nSPS) is 38.7. The van der Waals surface area contributed by atoms with E-state index in [4.69, 9.17) is 14.0 Å². The molecular formula is C92H128N4O19. The molecule has 1 aromatic heterocycles. The molecule has 0 unspecified atom stereocenters. The Morgan fingerprint density at radius 2 is 0.765 bits per heavy atom. The van der Waals surface area contributed by atoms with E-state index in [1.54, 1.807) is 18.4 Å². The molecule has 14 fully saturated rings. The van der Waals surface area contributed by atoms with E-state index in [-0.39, 0.29) is 215 Å². The molecular weight excluding hydrogens is 1470 g/mol. The summed E-state index contributed by atoms with van der Waals surface area (Å²) in [6.07, 6.45) is 22.2. The Bertz CT molecular complexity index is 4050. The number of likely N-dealkylation sites (tertiary alicyclic amines) is 1. The Morgan fingerprint density at radius 1 is 0.443 bits per heavy atom. The molecule has 4 amide bonds. The van der Waals surface area contributed by atoms with Crippen LogP contribution in [0.2, 0.25) is 0 Å². The van der Waals surface area contributed by atoms with Crippen LogP contribution in [0, 0.1) is 120 Å². The van der Waals surface area contributed by atoms with E-state index in [2.05, 4.69) is 29.8 Å². The zero-order valence-corrected chi connectivity index (χ0v) is 70.3. The van der Waals surface area contributed by atoms with Crippen molar-refractivity contribution in [3.63, 3.8) is 0 Å². The van der Waals surface area contributed by atoms with Crippen LogP contribution in [0.25, 0.3) is 0 Å². The highest BCUT2D eigenvalue weighted by Crippen LogP contribution is 2.65. The van der Waals surface area contributed by atoms with Crippen molar-refractivity contribution in [2.24, 2.45) is 120 Å². The second-order valence-electron chi connectivity index (χ2n) is 39.6. The van der Waals surface area contributed by atoms with Gasteiger partial charge < -0.3 is 25.3 Å². The van der Waals surface area contributed by atoms with Gasteiger partial charge in [0, 0.05) is 195 Å². The van der Waals surface area contributed by atoms with Gasteiger partial charge in [-0.05, 0) is 181 Å². The molecule has 2 heterocycles. The molecule has 1 aliphatic heterocycles. The van der Waals surface area contributed by atoms with Crippen molar-refractivity contribution in [3.05, 3.63) is 24.2 Å². The average molecular weight is 1590 g/mol. The van der Waals surface area contributed by atoms with Crippen molar-refractivity contribution in [1.29, 1.82) is 0 Å². The molecule has 13 saturated carbocycles. The first-order chi connectivity index (χ1) is 54.2. The summed E-state index contributed by atoms with van der Waals surface area (Å²) in [7, 11) is 0. The maximum atomic E-state index is 13.2. The fourth-order valence-electron chi connectivity index (χ4n) is 25.6. The van der Waals surface area contributed by atoms with E-state index in [0.717, 1.165) is 77.3 Å².